The first-order chi connectivity index (χ1) is 9.70. The molecule has 0 spiro atoms. The van der Waals surface area contributed by atoms with Gasteiger partial charge in [0, 0.05) is 30.1 Å². The number of carbonyl (C=O) groups excluding carboxylic acids is 1. The van der Waals surface area contributed by atoms with E-state index in [1.54, 1.807) is 12.1 Å². The topological polar surface area (TPSA) is 45.5 Å². The molecule has 1 N–H and O–H groups in total. The summed E-state index contributed by atoms with van der Waals surface area (Å²) < 4.78 is 5.34. The summed E-state index contributed by atoms with van der Waals surface area (Å²) in [6, 6.07) is 5.67. The van der Waals surface area contributed by atoms with Gasteiger partial charge in [-0.25, -0.2) is 0 Å². The fourth-order valence-electron chi connectivity index (χ4n) is 3.34. The van der Waals surface area contributed by atoms with Gasteiger partial charge in [0.25, 0.3) is 5.91 Å². The minimum Gasteiger partial charge on any atom is -0.463 e. The van der Waals surface area contributed by atoms with Crippen molar-refractivity contribution in [2.24, 2.45) is 5.92 Å². The number of nitrogens with one attached hydrogen (secondary N) is 1. The lowest BCUT2D eigenvalue weighted by Crippen LogP contribution is -2.43. The maximum Gasteiger partial charge on any atom is 0.251 e. The molecule has 1 aromatic carbocycles. The highest BCUT2D eigenvalue weighted by Crippen LogP contribution is 2.29. The van der Waals surface area contributed by atoms with E-state index in [-0.39, 0.29) is 11.9 Å². The highest BCUT2D eigenvalue weighted by Gasteiger charge is 2.38. The maximum absolute atomic E-state index is 12.3. The van der Waals surface area contributed by atoms with Gasteiger partial charge in [0.1, 0.15) is 11.8 Å². The fourth-order valence-corrected chi connectivity index (χ4v) is 3.54. The third-order valence-electron chi connectivity index (χ3n) is 4.44. The van der Waals surface area contributed by atoms with Crippen molar-refractivity contribution in [2.45, 2.75) is 12.5 Å². The standard InChI is InChI=1S/C15H15ClN2O2/c16-12-8-20-14-5-9(1-2-11(12)14)15(19)17-13-7-18-4-3-10(13)6-18/h1-2,5,8,10,13H,3-4,6-7H2,(H,17,19). The lowest BCUT2D eigenvalue weighted by Gasteiger charge is -2.23. The molecule has 2 saturated heterocycles. The molecule has 4 nitrogen and oxygen atoms in total. The van der Waals surface area contributed by atoms with Crippen LogP contribution in [-0.2, 0) is 0 Å². The van der Waals surface area contributed by atoms with Crippen molar-refractivity contribution in [2.75, 3.05) is 19.6 Å². The Labute approximate surface area is 121 Å². The molecule has 2 aliphatic rings. The second-order valence-corrected chi connectivity index (χ2v) is 6.09. The van der Waals surface area contributed by atoms with E-state index in [9.17, 15) is 4.79 Å². The Hall–Kier alpha value is -1.52. The number of fused-ring (bicyclic) bond motifs is 3. The largest absolute Gasteiger partial charge is 0.463 e. The summed E-state index contributed by atoms with van der Waals surface area (Å²) in [6.45, 7) is 3.27. The molecule has 4 rings (SSSR count). The lowest BCUT2D eigenvalue weighted by molar-refractivity contribution is 0.0924. The zero-order chi connectivity index (χ0) is 13.7. The summed E-state index contributed by atoms with van der Waals surface area (Å²) >= 11 is 5.98. The highest BCUT2D eigenvalue weighted by atomic mass is 35.5. The number of halogens is 1. The number of benzene rings is 1. The van der Waals surface area contributed by atoms with E-state index in [0.29, 0.717) is 22.1 Å². The second kappa shape index (κ2) is 4.50. The highest BCUT2D eigenvalue weighted by molar-refractivity contribution is 6.35. The molecule has 2 fully saturated rings. The molecule has 104 valence electrons. The zero-order valence-electron chi connectivity index (χ0n) is 10.9. The van der Waals surface area contributed by atoms with Crippen LogP contribution >= 0.6 is 11.6 Å². The van der Waals surface area contributed by atoms with Crippen LogP contribution in [-0.4, -0.2) is 36.5 Å². The Bertz CT molecular complexity index is 682. The van der Waals surface area contributed by atoms with E-state index < -0.39 is 0 Å². The molecule has 1 amide bonds. The van der Waals surface area contributed by atoms with Gasteiger partial charge in [-0.15, -0.1) is 0 Å². The lowest BCUT2D eigenvalue weighted by atomic mass is 9.99. The summed E-state index contributed by atoms with van der Waals surface area (Å²) in [5, 5.41) is 4.56. The van der Waals surface area contributed by atoms with Crippen LogP contribution in [0.2, 0.25) is 5.02 Å². The van der Waals surface area contributed by atoms with Gasteiger partial charge >= 0.3 is 0 Å². The van der Waals surface area contributed by atoms with E-state index in [4.69, 9.17) is 16.0 Å². The first-order valence-corrected chi connectivity index (χ1v) is 7.28. The van der Waals surface area contributed by atoms with Crippen LogP contribution in [0.1, 0.15) is 16.8 Å². The Morgan fingerprint density at radius 1 is 1.40 bits per heavy atom. The van der Waals surface area contributed by atoms with Gasteiger partial charge in [-0.05, 0) is 37.1 Å². The normalized spacial score (nSPS) is 28.1. The average Bonchev–Trinajstić information content (AvgIpc) is 3.14. The van der Waals surface area contributed by atoms with E-state index in [2.05, 4.69) is 10.2 Å². The predicted octanol–water partition coefficient (Wildman–Crippen LogP) is 2.52. The molecule has 0 aliphatic carbocycles. The fraction of sp³-hybridized carbons (Fsp3) is 0.400. The minimum absolute atomic E-state index is 0.0295. The van der Waals surface area contributed by atoms with Gasteiger partial charge in [-0.3, -0.25) is 4.79 Å². The third kappa shape index (κ3) is 1.91. The van der Waals surface area contributed by atoms with Crippen molar-refractivity contribution in [3.63, 3.8) is 0 Å². The SMILES string of the molecule is O=C(NC1CN2CCC1C2)c1ccc2c(Cl)coc2c1. The molecular formula is C15H15ClN2O2. The van der Waals surface area contributed by atoms with Gasteiger partial charge in [-0.1, -0.05) is 11.6 Å². The van der Waals surface area contributed by atoms with Crippen molar-refractivity contribution in [3.8, 4) is 0 Å². The summed E-state index contributed by atoms with van der Waals surface area (Å²) in [7, 11) is 0. The molecule has 2 bridgehead atoms. The Morgan fingerprint density at radius 3 is 3.05 bits per heavy atom. The quantitative estimate of drug-likeness (QED) is 0.924. The van der Waals surface area contributed by atoms with E-state index in [1.807, 2.05) is 6.07 Å². The van der Waals surface area contributed by atoms with E-state index in [1.165, 1.54) is 19.2 Å². The number of hydrogen-bond acceptors (Lipinski definition) is 3. The molecule has 3 atom stereocenters. The molecule has 2 aromatic rings. The number of furan rings is 1. The summed E-state index contributed by atoms with van der Waals surface area (Å²) in [5.41, 5.74) is 1.28. The number of rotatable bonds is 2. The van der Waals surface area contributed by atoms with Crippen LogP contribution in [0.4, 0.5) is 0 Å². The molecule has 0 saturated carbocycles. The maximum atomic E-state index is 12.3. The van der Waals surface area contributed by atoms with Crippen molar-refractivity contribution >= 4 is 28.5 Å². The average molecular weight is 291 g/mol. The van der Waals surface area contributed by atoms with Crippen LogP contribution in [0, 0.1) is 5.92 Å². The summed E-state index contributed by atoms with van der Waals surface area (Å²) in [5.74, 6) is 0.582. The van der Waals surface area contributed by atoms with E-state index >= 15 is 0 Å². The minimum atomic E-state index is -0.0295. The monoisotopic (exact) mass is 290 g/mol. The van der Waals surface area contributed by atoms with Crippen LogP contribution in [0.15, 0.2) is 28.9 Å². The second-order valence-electron chi connectivity index (χ2n) is 5.68. The molecule has 3 heterocycles. The number of carbonyl (C=O) groups is 1. The molecular weight excluding hydrogens is 276 g/mol. The smallest absolute Gasteiger partial charge is 0.251 e. The van der Waals surface area contributed by atoms with Crippen LogP contribution < -0.4 is 5.32 Å². The molecule has 2 aliphatic heterocycles. The zero-order valence-corrected chi connectivity index (χ0v) is 11.7. The Balaban J connectivity index is 1.54. The Kier molecular flexibility index (Phi) is 2.75. The predicted molar refractivity (Wildman–Crippen MR) is 77.0 cm³/mol. The summed E-state index contributed by atoms with van der Waals surface area (Å²) in [6.07, 6.45) is 2.69. The van der Waals surface area contributed by atoms with Crippen LogP contribution in [0.25, 0.3) is 11.0 Å². The van der Waals surface area contributed by atoms with Gasteiger partial charge in [0.15, 0.2) is 0 Å². The van der Waals surface area contributed by atoms with E-state index in [0.717, 1.165) is 18.5 Å². The third-order valence-corrected chi connectivity index (χ3v) is 4.73. The van der Waals surface area contributed by atoms with Crippen molar-refractivity contribution < 1.29 is 9.21 Å². The first-order valence-electron chi connectivity index (χ1n) is 6.91. The summed E-state index contributed by atoms with van der Waals surface area (Å²) in [4.78, 5) is 14.7. The van der Waals surface area contributed by atoms with Crippen molar-refractivity contribution in [3.05, 3.63) is 35.0 Å². The van der Waals surface area contributed by atoms with Gasteiger partial charge in [0.05, 0.1) is 5.02 Å². The Morgan fingerprint density at radius 2 is 2.30 bits per heavy atom. The number of hydrogen-bond donors (Lipinski definition) is 1. The van der Waals surface area contributed by atoms with Crippen molar-refractivity contribution in [1.29, 1.82) is 0 Å². The molecule has 3 unspecified atom stereocenters. The molecule has 20 heavy (non-hydrogen) atoms. The first kappa shape index (κ1) is 12.2. The number of amides is 1. The van der Waals surface area contributed by atoms with Gasteiger partial charge < -0.3 is 14.6 Å². The molecule has 5 heteroatoms. The molecule has 1 aromatic heterocycles. The van der Waals surface area contributed by atoms with Crippen molar-refractivity contribution in [1.82, 2.24) is 10.2 Å². The number of piperidine rings is 1. The van der Waals surface area contributed by atoms with Gasteiger partial charge in [-0.2, -0.15) is 0 Å². The van der Waals surface area contributed by atoms with Crippen LogP contribution in [0.5, 0.6) is 0 Å². The van der Waals surface area contributed by atoms with Gasteiger partial charge in [0.2, 0.25) is 0 Å². The number of nitrogens with zero attached hydrogens (tertiary/aromatic N) is 1. The van der Waals surface area contributed by atoms with Crippen LogP contribution in [0.3, 0.4) is 0 Å². The molecule has 0 radical (unpaired) electrons.